The van der Waals surface area contributed by atoms with Crippen molar-refractivity contribution in [2.75, 3.05) is 0 Å². The first-order chi connectivity index (χ1) is 9.47. The first-order valence-corrected chi connectivity index (χ1v) is 6.58. The number of aryl methyl sites for hydroxylation is 1. The van der Waals surface area contributed by atoms with Crippen molar-refractivity contribution >= 4 is 17.6 Å². The molecule has 4 heteroatoms. The molecule has 0 aliphatic heterocycles. The van der Waals surface area contributed by atoms with Crippen molar-refractivity contribution in [3.05, 3.63) is 70.0 Å². The summed E-state index contributed by atoms with van der Waals surface area (Å²) < 4.78 is 13.6. The van der Waals surface area contributed by atoms with Crippen LogP contribution in [0.25, 0.3) is 0 Å². The predicted octanol–water partition coefficient (Wildman–Crippen LogP) is 4.20. The monoisotopic (exact) mass is 292 g/mol. The topological polar surface area (TPSA) is 37.3 Å². The maximum absolute atomic E-state index is 13.6. The molecule has 0 saturated carbocycles. The lowest BCUT2D eigenvalue weighted by molar-refractivity contribution is -0.138. The van der Waals surface area contributed by atoms with Crippen LogP contribution < -0.4 is 0 Å². The Labute approximate surface area is 121 Å². The van der Waals surface area contributed by atoms with E-state index >= 15 is 0 Å². The minimum atomic E-state index is -0.978. The van der Waals surface area contributed by atoms with E-state index < -0.39 is 11.9 Å². The van der Waals surface area contributed by atoms with E-state index in [1.807, 2.05) is 6.07 Å². The van der Waals surface area contributed by atoms with Crippen LogP contribution in [-0.4, -0.2) is 11.1 Å². The Bertz CT molecular complexity index is 640. The molecule has 0 bridgehead atoms. The molecule has 0 aliphatic carbocycles. The number of carbonyl (C=O) groups is 1. The minimum Gasteiger partial charge on any atom is -0.481 e. The van der Waals surface area contributed by atoms with Gasteiger partial charge in [0.2, 0.25) is 0 Å². The second-order valence-electron chi connectivity index (χ2n) is 4.73. The molecule has 0 aliphatic rings. The van der Waals surface area contributed by atoms with Crippen LogP contribution in [0.15, 0.2) is 42.5 Å². The second-order valence-corrected chi connectivity index (χ2v) is 5.17. The molecule has 0 saturated heterocycles. The van der Waals surface area contributed by atoms with Gasteiger partial charge in [0.05, 0.1) is 5.92 Å². The van der Waals surface area contributed by atoms with E-state index in [4.69, 9.17) is 11.6 Å². The highest BCUT2D eigenvalue weighted by Gasteiger charge is 2.21. The summed E-state index contributed by atoms with van der Waals surface area (Å²) in [4.78, 5) is 11.4. The Morgan fingerprint density at radius 1 is 1.30 bits per heavy atom. The normalized spacial score (nSPS) is 12.2. The number of halogens is 2. The smallest absolute Gasteiger partial charge is 0.311 e. The molecule has 0 aromatic heterocycles. The number of carboxylic acid groups (broad SMARTS) is 1. The van der Waals surface area contributed by atoms with Gasteiger partial charge in [0.1, 0.15) is 5.82 Å². The molecule has 20 heavy (non-hydrogen) atoms. The Balaban J connectivity index is 2.32. The van der Waals surface area contributed by atoms with Crippen molar-refractivity contribution in [3.63, 3.8) is 0 Å². The fourth-order valence-corrected chi connectivity index (χ4v) is 2.29. The van der Waals surface area contributed by atoms with Gasteiger partial charge in [0, 0.05) is 5.02 Å². The molecule has 2 aromatic rings. The third-order valence-electron chi connectivity index (χ3n) is 3.23. The maximum atomic E-state index is 13.6. The van der Waals surface area contributed by atoms with Crippen LogP contribution in [0.4, 0.5) is 4.39 Å². The van der Waals surface area contributed by atoms with Gasteiger partial charge in [0.15, 0.2) is 0 Å². The molecule has 0 amide bonds. The van der Waals surface area contributed by atoms with Gasteiger partial charge < -0.3 is 5.11 Å². The van der Waals surface area contributed by atoms with Crippen LogP contribution >= 0.6 is 11.6 Å². The standard InChI is InChI=1S/C16H14ClFO2/c1-10-5-6-12(9-15(10)18)14(16(19)20)8-11-3-2-4-13(17)7-11/h2-7,9,14H,8H2,1H3,(H,19,20). The molecule has 2 nitrogen and oxygen atoms in total. The molecule has 0 radical (unpaired) electrons. The van der Waals surface area contributed by atoms with Crippen molar-refractivity contribution in [3.8, 4) is 0 Å². The number of rotatable bonds is 4. The second kappa shape index (κ2) is 6.06. The minimum absolute atomic E-state index is 0.276. The van der Waals surface area contributed by atoms with E-state index in [-0.39, 0.29) is 12.2 Å². The third kappa shape index (κ3) is 3.36. The van der Waals surface area contributed by atoms with Crippen LogP contribution in [0, 0.1) is 12.7 Å². The summed E-state index contributed by atoms with van der Waals surface area (Å²) in [6.45, 7) is 1.64. The lowest BCUT2D eigenvalue weighted by atomic mass is 9.91. The Hall–Kier alpha value is -1.87. The van der Waals surface area contributed by atoms with E-state index in [1.54, 1.807) is 37.3 Å². The van der Waals surface area contributed by atoms with Gasteiger partial charge in [-0.15, -0.1) is 0 Å². The van der Waals surface area contributed by atoms with Gasteiger partial charge in [-0.05, 0) is 48.2 Å². The molecule has 104 valence electrons. The van der Waals surface area contributed by atoms with Gasteiger partial charge in [-0.2, -0.15) is 0 Å². The van der Waals surface area contributed by atoms with Crippen LogP contribution in [-0.2, 0) is 11.2 Å². The van der Waals surface area contributed by atoms with Crippen LogP contribution in [0.1, 0.15) is 22.6 Å². The summed E-state index contributed by atoms with van der Waals surface area (Å²) in [6.07, 6.45) is 0.276. The van der Waals surface area contributed by atoms with Crippen LogP contribution in [0.5, 0.6) is 0 Å². The van der Waals surface area contributed by atoms with Crippen molar-refractivity contribution in [2.45, 2.75) is 19.3 Å². The predicted molar refractivity (Wildman–Crippen MR) is 76.7 cm³/mol. The number of hydrogen-bond acceptors (Lipinski definition) is 1. The summed E-state index contributed by atoms with van der Waals surface area (Å²) in [7, 11) is 0. The summed E-state index contributed by atoms with van der Waals surface area (Å²) in [6, 6.07) is 11.6. The fraction of sp³-hybridized carbons (Fsp3) is 0.188. The Morgan fingerprint density at radius 3 is 2.65 bits per heavy atom. The number of aliphatic carboxylic acids is 1. The van der Waals surface area contributed by atoms with Gasteiger partial charge in [-0.25, -0.2) is 4.39 Å². The van der Waals surface area contributed by atoms with Gasteiger partial charge in [-0.1, -0.05) is 35.9 Å². The largest absolute Gasteiger partial charge is 0.481 e. The molecule has 0 spiro atoms. The number of carboxylic acids is 1. The van der Waals surface area contributed by atoms with Gasteiger partial charge >= 0.3 is 5.97 Å². The van der Waals surface area contributed by atoms with Crippen molar-refractivity contribution in [1.29, 1.82) is 0 Å². The van der Waals surface area contributed by atoms with E-state index in [9.17, 15) is 14.3 Å². The van der Waals surface area contributed by atoms with Gasteiger partial charge in [0.25, 0.3) is 0 Å². The zero-order chi connectivity index (χ0) is 14.7. The summed E-state index contributed by atoms with van der Waals surface area (Å²) in [5.41, 5.74) is 1.77. The summed E-state index contributed by atoms with van der Waals surface area (Å²) in [5.74, 6) is -2.16. The Morgan fingerprint density at radius 2 is 2.05 bits per heavy atom. The molecule has 1 atom stereocenters. The van der Waals surface area contributed by atoms with Crippen molar-refractivity contribution < 1.29 is 14.3 Å². The van der Waals surface area contributed by atoms with E-state index in [2.05, 4.69) is 0 Å². The molecular weight excluding hydrogens is 279 g/mol. The fourth-order valence-electron chi connectivity index (χ4n) is 2.07. The highest BCUT2D eigenvalue weighted by molar-refractivity contribution is 6.30. The molecule has 1 unspecified atom stereocenters. The molecule has 0 fully saturated rings. The SMILES string of the molecule is Cc1ccc(C(Cc2cccc(Cl)c2)C(=O)O)cc1F. The maximum Gasteiger partial charge on any atom is 0.311 e. The summed E-state index contributed by atoms with van der Waals surface area (Å²) >= 11 is 5.89. The van der Waals surface area contributed by atoms with Crippen LogP contribution in [0.3, 0.4) is 0 Å². The first kappa shape index (κ1) is 14.5. The lowest BCUT2D eigenvalue weighted by Crippen LogP contribution is -2.14. The van der Waals surface area contributed by atoms with Crippen LogP contribution in [0.2, 0.25) is 5.02 Å². The van der Waals surface area contributed by atoms with E-state index in [0.29, 0.717) is 16.1 Å². The van der Waals surface area contributed by atoms with Gasteiger partial charge in [-0.3, -0.25) is 4.79 Å². The molecule has 2 rings (SSSR count). The zero-order valence-electron chi connectivity index (χ0n) is 10.9. The lowest BCUT2D eigenvalue weighted by Gasteiger charge is -2.14. The number of hydrogen-bond donors (Lipinski definition) is 1. The average molecular weight is 293 g/mol. The number of benzene rings is 2. The average Bonchev–Trinajstić information content (AvgIpc) is 2.39. The van der Waals surface area contributed by atoms with E-state index in [1.165, 1.54) is 6.07 Å². The summed E-state index contributed by atoms with van der Waals surface area (Å²) in [5, 5.41) is 9.92. The zero-order valence-corrected chi connectivity index (χ0v) is 11.7. The third-order valence-corrected chi connectivity index (χ3v) is 3.46. The molecular formula is C16H14ClFO2. The highest BCUT2D eigenvalue weighted by Crippen LogP contribution is 2.24. The quantitative estimate of drug-likeness (QED) is 0.917. The molecule has 1 N–H and O–H groups in total. The van der Waals surface area contributed by atoms with Crippen molar-refractivity contribution in [1.82, 2.24) is 0 Å². The van der Waals surface area contributed by atoms with Crippen molar-refractivity contribution in [2.24, 2.45) is 0 Å². The highest BCUT2D eigenvalue weighted by atomic mass is 35.5. The first-order valence-electron chi connectivity index (χ1n) is 6.20. The van der Waals surface area contributed by atoms with E-state index in [0.717, 1.165) is 5.56 Å². The Kier molecular flexibility index (Phi) is 4.40. The molecule has 2 aromatic carbocycles. The molecule has 0 heterocycles.